The number of hydrogen-bond acceptors (Lipinski definition) is 4. The molecule has 1 saturated heterocycles. The minimum atomic E-state index is -0.674. The van der Waals surface area contributed by atoms with Gasteiger partial charge in [-0.05, 0) is 69.1 Å². The van der Waals surface area contributed by atoms with Gasteiger partial charge in [-0.2, -0.15) is 0 Å². The van der Waals surface area contributed by atoms with Gasteiger partial charge in [0.15, 0.2) is 0 Å². The second-order valence-corrected chi connectivity index (χ2v) is 11.1. The normalized spacial score (nSPS) is 18.4. The van der Waals surface area contributed by atoms with Crippen molar-refractivity contribution in [2.75, 3.05) is 6.54 Å². The standard InChI is InChI=1S/C30H46N4O3/c1-9-11-14-26(35)33-27(30(6,7)8)29(37)34-19-12-13-25(34)28(36)32-22(5)24-17-15-23(16-18-24)20(3)21(4)31-10-2/h10,15-18,22,25,27H,9,11-14,19H2,1-8H3,(H,32,36)(H,33,35)/b21-20+,31-10?. The number of unbranched alkanes of at least 4 members (excludes halogenated alkanes) is 1. The van der Waals surface area contributed by atoms with Crippen molar-refractivity contribution < 1.29 is 14.4 Å². The van der Waals surface area contributed by atoms with Gasteiger partial charge in [0, 0.05) is 24.9 Å². The summed E-state index contributed by atoms with van der Waals surface area (Å²) >= 11 is 0. The molecule has 0 bridgehead atoms. The SMILES string of the molecule is CC=N/C(C)=C(\C)c1ccc(C(C)NC(=O)C2CCCN2C(=O)C(NC(=O)CCCC)C(C)(C)C)cc1. The lowest BCUT2D eigenvalue weighted by Gasteiger charge is -2.35. The molecule has 0 radical (unpaired) electrons. The highest BCUT2D eigenvalue weighted by Gasteiger charge is 2.41. The van der Waals surface area contributed by atoms with E-state index >= 15 is 0 Å². The van der Waals surface area contributed by atoms with Crippen LogP contribution in [-0.2, 0) is 14.4 Å². The Morgan fingerprint density at radius 3 is 2.35 bits per heavy atom. The van der Waals surface area contributed by atoms with Gasteiger partial charge in [0.05, 0.1) is 6.04 Å². The van der Waals surface area contributed by atoms with Crippen LogP contribution in [0.15, 0.2) is 35.0 Å². The third-order valence-electron chi connectivity index (χ3n) is 7.08. The number of benzene rings is 1. The van der Waals surface area contributed by atoms with Crippen LogP contribution in [0.25, 0.3) is 5.57 Å². The first kappa shape index (κ1) is 30.3. The largest absolute Gasteiger partial charge is 0.348 e. The number of rotatable bonds is 10. The Balaban J connectivity index is 2.11. The molecule has 7 heteroatoms. The van der Waals surface area contributed by atoms with Crippen LogP contribution in [0.4, 0.5) is 0 Å². The highest BCUT2D eigenvalue weighted by atomic mass is 16.2. The molecule has 7 nitrogen and oxygen atoms in total. The summed E-state index contributed by atoms with van der Waals surface area (Å²) in [4.78, 5) is 45.4. The van der Waals surface area contributed by atoms with E-state index in [0.717, 1.165) is 41.7 Å². The van der Waals surface area contributed by atoms with E-state index in [0.29, 0.717) is 19.4 Å². The van der Waals surface area contributed by atoms with Crippen molar-refractivity contribution in [2.24, 2.45) is 10.4 Å². The van der Waals surface area contributed by atoms with Crippen LogP contribution in [0.1, 0.15) is 105 Å². The first-order valence-corrected chi connectivity index (χ1v) is 13.6. The van der Waals surface area contributed by atoms with Crippen molar-refractivity contribution in [1.82, 2.24) is 15.5 Å². The Morgan fingerprint density at radius 2 is 1.78 bits per heavy atom. The molecular formula is C30H46N4O3. The number of nitrogens with one attached hydrogen (secondary N) is 2. The van der Waals surface area contributed by atoms with Crippen LogP contribution in [0.2, 0.25) is 0 Å². The number of amides is 3. The molecule has 37 heavy (non-hydrogen) atoms. The number of aliphatic imine (C=N–C) groups is 1. The van der Waals surface area contributed by atoms with E-state index in [4.69, 9.17) is 0 Å². The molecule has 3 amide bonds. The number of hydrogen-bond donors (Lipinski definition) is 2. The van der Waals surface area contributed by atoms with E-state index in [9.17, 15) is 14.4 Å². The van der Waals surface area contributed by atoms with E-state index in [1.165, 1.54) is 0 Å². The van der Waals surface area contributed by atoms with E-state index in [1.54, 1.807) is 11.1 Å². The molecule has 3 atom stereocenters. The van der Waals surface area contributed by atoms with Crippen molar-refractivity contribution in [3.8, 4) is 0 Å². The van der Waals surface area contributed by atoms with Gasteiger partial charge in [-0.1, -0.05) is 58.4 Å². The van der Waals surface area contributed by atoms with E-state index in [1.807, 2.05) is 79.7 Å². The Morgan fingerprint density at radius 1 is 1.14 bits per heavy atom. The Labute approximate surface area is 223 Å². The molecule has 0 saturated carbocycles. The molecule has 0 aliphatic carbocycles. The topological polar surface area (TPSA) is 90.9 Å². The lowest BCUT2D eigenvalue weighted by atomic mass is 9.85. The fourth-order valence-electron chi connectivity index (χ4n) is 4.60. The molecule has 204 valence electrons. The van der Waals surface area contributed by atoms with Crippen molar-refractivity contribution in [3.05, 3.63) is 41.1 Å². The van der Waals surface area contributed by atoms with Gasteiger partial charge in [0.25, 0.3) is 0 Å². The van der Waals surface area contributed by atoms with Gasteiger partial charge in [-0.3, -0.25) is 19.4 Å². The maximum absolute atomic E-state index is 13.6. The van der Waals surface area contributed by atoms with Gasteiger partial charge < -0.3 is 15.5 Å². The van der Waals surface area contributed by atoms with Gasteiger partial charge >= 0.3 is 0 Å². The van der Waals surface area contributed by atoms with Crippen molar-refractivity contribution in [3.63, 3.8) is 0 Å². The zero-order valence-corrected chi connectivity index (χ0v) is 24.0. The lowest BCUT2D eigenvalue weighted by molar-refractivity contribution is -0.144. The molecule has 0 aromatic heterocycles. The third kappa shape index (κ3) is 8.27. The van der Waals surface area contributed by atoms with Crippen molar-refractivity contribution >= 4 is 29.5 Å². The maximum atomic E-state index is 13.6. The highest BCUT2D eigenvalue weighted by Crippen LogP contribution is 2.27. The number of carbonyl (C=O) groups excluding carboxylic acids is 3. The van der Waals surface area contributed by atoms with Gasteiger partial charge in [-0.15, -0.1) is 0 Å². The zero-order valence-electron chi connectivity index (χ0n) is 24.0. The molecule has 0 spiro atoms. The Kier molecular flexibility index (Phi) is 11.1. The molecule has 1 aromatic carbocycles. The maximum Gasteiger partial charge on any atom is 0.246 e. The number of carbonyl (C=O) groups is 3. The quantitative estimate of drug-likeness (QED) is 0.412. The zero-order chi connectivity index (χ0) is 27.8. The van der Waals surface area contributed by atoms with Gasteiger partial charge in [0.1, 0.15) is 12.1 Å². The molecule has 1 fully saturated rings. The predicted molar refractivity (Wildman–Crippen MR) is 151 cm³/mol. The van der Waals surface area contributed by atoms with Crippen LogP contribution in [0.5, 0.6) is 0 Å². The predicted octanol–water partition coefficient (Wildman–Crippen LogP) is 5.42. The number of nitrogens with zero attached hydrogens (tertiary/aromatic N) is 2. The number of likely N-dealkylation sites (tertiary alicyclic amines) is 1. The number of allylic oxidation sites excluding steroid dienone is 2. The highest BCUT2D eigenvalue weighted by molar-refractivity contribution is 5.93. The Hall–Kier alpha value is -2.96. The summed E-state index contributed by atoms with van der Waals surface area (Å²) in [7, 11) is 0. The molecule has 2 N–H and O–H groups in total. The molecular weight excluding hydrogens is 464 g/mol. The van der Waals surface area contributed by atoms with Gasteiger partial charge in [-0.25, -0.2) is 0 Å². The molecule has 1 aliphatic rings. The summed E-state index contributed by atoms with van der Waals surface area (Å²) < 4.78 is 0. The monoisotopic (exact) mass is 510 g/mol. The van der Waals surface area contributed by atoms with Gasteiger partial charge in [0.2, 0.25) is 17.7 Å². The van der Waals surface area contributed by atoms with E-state index in [-0.39, 0.29) is 23.8 Å². The van der Waals surface area contributed by atoms with Crippen LogP contribution < -0.4 is 10.6 Å². The van der Waals surface area contributed by atoms with Crippen LogP contribution in [0, 0.1) is 5.41 Å². The van der Waals surface area contributed by atoms with E-state index < -0.39 is 17.5 Å². The molecule has 1 aliphatic heterocycles. The molecule has 2 rings (SSSR count). The first-order chi connectivity index (χ1) is 17.4. The summed E-state index contributed by atoms with van der Waals surface area (Å²) in [5.74, 6) is -0.454. The van der Waals surface area contributed by atoms with Crippen LogP contribution >= 0.6 is 0 Å². The first-order valence-electron chi connectivity index (χ1n) is 13.6. The van der Waals surface area contributed by atoms with Crippen LogP contribution in [0.3, 0.4) is 0 Å². The van der Waals surface area contributed by atoms with Crippen molar-refractivity contribution in [2.45, 2.75) is 106 Å². The minimum absolute atomic E-state index is 0.117. The molecule has 3 unspecified atom stereocenters. The Bertz CT molecular complexity index is 1000. The molecule has 1 heterocycles. The fourth-order valence-corrected chi connectivity index (χ4v) is 4.60. The molecule has 1 aromatic rings. The minimum Gasteiger partial charge on any atom is -0.348 e. The van der Waals surface area contributed by atoms with E-state index in [2.05, 4.69) is 15.6 Å². The average Bonchev–Trinajstić information content (AvgIpc) is 3.35. The summed E-state index contributed by atoms with van der Waals surface area (Å²) in [6.45, 7) is 16.3. The second kappa shape index (κ2) is 13.5. The lowest BCUT2D eigenvalue weighted by Crippen LogP contribution is -2.57. The van der Waals surface area contributed by atoms with Crippen molar-refractivity contribution in [1.29, 1.82) is 0 Å². The fraction of sp³-hybridized carbons (Fsp3) is 0.600. The summed E-state index contributed by atoms with van der Waals surface area (Å²) in [5, 5.41) is 6.06. The second-order valence-electron chi connectivity index (χ2n) is 11.1. The smallest absolute Gasteiger partial charge is 0.246 e. The third-order valence-corrected chi connectivity index (χ3v) is 7.08. The van der Waals surface area contributed by atoms with Crippen LogP contribution in [-0.4, -0.2) is 47.5 Å². The average molecular weight is 511 g/mol. The summed E-state index contributed by atoms with van der Waals surface area (Å²) in [5.41, 5.74) is 3.69. The summed E-state index contributed by atoms with van der Waals surface area (Å²) in [6, 6.07) is 6.71. The summed E-state index contributed by atoms with van der Waals surface area (Å²) in [6.07, 6.45) is 5.26.